The Morgan fingerprint density at radius 3 is 2.10 bits per heavy atom. The molecule has 0 radical (unpaired) electrons. The molecule has 0 aliphatic carbocycles. The molecule has 21 heavy (non-hydrogen) atoms. The summed E-state index contributed by atoms with van der Waals surface area (Å²) >= 11 is 0. The van der Waals surface area contributed by atoms with E-state index in [-0.39, 0.29) is 0 Å². The average Bonchev–Trinajstić information content (AvgIpc) is 2.52. The second-order valence-electron chi connectivity index (χ2n) is 5.68. The van der Waals surface area contributed by atoms with Crippen molar-refractivity contribution >= 4 is 0 Å². The summed E-state index contributed by atoms with van der Waals surface area (Å²) in [5, 5.41) is 3.17. The zero-order valence-corrected chi connectivity index (χ0v) is 13.2. The maximum atomic E-state index is 5.84. The van der Waals surface area contributed by atoms with E-state index in [1.54, 1.807) is 0 Å². The molecule has 0 unspecified atom stereocenters. The highest BCUT2D eigenvalue weighted by Gasteiger charge is 2.00. The highest BCUT2D eigenvalue weighted by atomic mass is 16.5. The van der Waals surface area contributed by atoms with Gasteiger partial charge >= 0.3 is 0 Å². The number of nitrogens with one attached hydrogen (secondary N) is 1. The lowest BCUT2D eigenvalue weighted by molar-refractivity contribution is 0.306. The Kier molecular flexibility index (Phi) is 5.82. The summed E-state index contributed by atoms with van der Waals surface area (Å²) in [7, 11) is 1.98. The van der Waals surface area contributed by atoms with E-state index in [1.807, 2.05) is 7.05 Å². The number of hydrogen-bond acceptors (Lipinski definition) is 2. The van der Waals surface area contributed by atoms with Crippen molar-refractivity contribution in [3.05, 3.63) is 65.2 Å². The first-order valence-electron chi connectivity index (χ1n) is 7.64. The van der Waals surface area contributed by atoms with Crippen molar-refractivity contribution < 1.29 is 4.74 Å². The molecule has 0 heterocycles. The molecule has 2 aromatic carbocycles. The Bertz CT molecular complexity index is 528. The van der Waals surface area contributed by atoms with Gasteiger partial charge in [0.15, 0.2) is 0 Å². The van der Waals surface area contributed by atoms with Crippen molar-refractivity contribution in [3.8, 4) is 5.75 Å². The summed E-state index contributed by atoms with van der Waals surface area (Å²) in [6.07, 6.45) is 1.06. The van der Waals surface area contributed by atoms with Crippen molar-refractivity contribution in [2.45, 2.75) is 32.8 Å². The molecule has 0 atom stereocenters. The zero-order chi connectivity index (χ0) is 15.1. The van der Waals surface area contributed by atoms with Crippen LogP contribution in [-0.4, -0.2) is 13.6 Å². The molecule has 2 heteroatoms. The molecule has 0 aliphatic rings. The van der Waals surface area contributed by atoms with Crippen LogP contribution in [0.3, 0.4) is 0 Å². The number of ether oxygens (including phenoxy) is 1. The van der Waals surface area contributed by atoms with Crippen LogP contribution in [-0.2, 0) is 13.0 Å². The van der Waals surface area contributed by atoms with E-state index in [0.717, 1.165) is 18.7 Å². The lowest BCUT2D eigenvalue weighted by Crippen LogP contribution is -2.10. The van der Waals surface area contributed by atoms with Gasteiger partial charge in [0.2, 0.25) is 0 Å². The minimum atomic E-state index is 0.559. The molecule has 0 fully saturated rings. The first-order valence-corrected chi connectivity index (χ1v) is 7.64. The second kappa shape index (κ2) is 7.84. The van der Waals surface area contributed by atoms with Crippen molar-refractivity contribution in [2.75, 3.05) is 13.6 Å². The molecule has 0 amide bonds. The van der Waals surface area contributed by atoms with Crippen molar-refractivity contribution in [1.82, 2.24) is 5.32 Å². The molecular formula is C19H25NO. The van der Waals surface area contributed by atoms with E-state index in [0.29, 0.717) is 12.5 Å². The van der Waals surface area contributed by atoms with Crippen LogP contribution < -0.4 is 10.1 Å². The third-order valence-electron chi connectivity index (χ3n) is 3.64. The van der Waals surface area contributed by atoms with E-state index < -0.39 is 0 Å². The topological polar surface area (TPSA) is 21.3 Å². The molecule has 0 spiro atoms. The van der Waals surface area contributed by atoms with Crippen LogP contribution in [0.4, 0.5) is 0 Å². The third-order valence-corrected chi connectivity index (χ3v) is 3.64. The Balaban J connectivity index is 1.87. The van der Waals surface area contributed by atoms with Crippen LogP contribution in [0, 0.1) is 0 Å². The van der Waals surface area contributed by atoms with Crippen LogP contribution >= 0.6 is 0 Å². The maximum absolute atomic E-state index is 5.84. The predicted octanol–water partition coefficient (Wildman–Crippen LogP) is 4.15. The van der Waals surface area contributed by atoms with Gasteiger partial charge < -0.3 is 10.1 Å². The molecule has 2 aromatic rings. The van der Waals surface area contributed by atoms with Crippen LogP contribution in [0.5, 0.6) is 5.75 Å². The standard InChI is InChI=1S/C19H25NO/c1-15(2)18-8-10-19(11-9-18)21-14-17-6-4-16(5-7-17)12-13-20-3/h4-11,15,20H,12-14H2,1-3H3. The first-order chi connectivity index (χ1) is 10.2. The molecule has 2 nitrogen and oxygen atoms in total. The summed E-state index contributed by atoms with van der Waals surface area (Å²) in [6, 6.07) is 17.0. The summed E-state index contributed by atoms with van der Waals surface area (Å²) in [6.45, 7) is 6.03. The molecule has 2 rings (SSSR count). The molecule has 0 saturated heterocycles. The molecule has 0 aromatic heterocycles. The number of benzene rings is 2. The first kappa shape index (κ1) is 15.6. The van der Waals surface area contributed by atoms with Crippen molar-refractivity contribution in [3.63, 3.8) is 0 Å². The van der Waals surface area contributed by atoms with Gasteiger partial charge in [0.05, 0.1) is 0 Å². The van der Waals surface area contributed by atoms with Gasteiger partial charge in [-0.05, 0) is 54.8 Å². The van der Waals surface area contributed by atoms with E-state index in [9.17, 15) is 0 Å². The van der Waals surface area contributed by atoms with Gasteiger partial charge in [-0.25, -0.2) is 0 Å². The normalized spacial score (nSPS) is 10.9. The molecule has 112 valence electrons. The minimum absolute atomic E-state index is 0.559. The van der Waals surface area contributed by atoms with Gasteiger partial charge in [-0.1, -0.05) is 50.2 Å². The average molecular weight is 283 g/mol. The van der Waals surface area contributed by atoms with Crippen molar-refractivity contribution in [2.24, 2.45) is 0 Å². The summed E-state index contributed by atoms with van der Waals surface area (Å²) in [5.41, 5.74) is 3.90. The SMILES string of the molecule is CNCCc1ccc(COc2ccc(C(C)C)cc2)cc1. The Labute approximate surface area is 128 Å². The summed E-state index contributed by atoms with van der Waals surface area (Å²) in [5.74, 6) is 1.49. The predicted molar refractivity (Wildman–Crippen MR) is 88.9 cm³/mol. The quantitative estimate of drug-likeness (QED) is 0.824. The van der Waals surface area contributed by atoms with E-state index >= 15 is 0 Å². The molecular weight excluding hydrogens is 258 g/mol. The summed E-state index contributed by atoms with van der Waals surface area (Å²) in [4.78, 5) is 0. The van der Waals surface area contributed by atoms with Crippen LogP contribution in [0.1, 0.15) is 36.5 Å². The number of rotatable bonds is 7. The van der Waals surface area contributed by atoms with Gasteiger partial charge in [-0.15, -0.1) is 0 Å². The second-order valence-corrected chi connectivity index (χ2v) is 5.68. The maximum Gasteiger partial charge on any atom is 0.119 e. The fraction of sp³-hybridized carbons (Fsp3) is 0.368. The lowest BCUT2D eigenvalue weighted by atomic mass is 10.0. The highest BCUT2D eigenvalue weighted by Crippen LogP contribution is 2.19. The zero-order valence-electron chi connectivity index (χ0n) is 13.2. The van der Waals surface area contributed by atoms with Gasteiger partial charge in [0.1, 0.15) is 12.4 Å². The fourth-order valence-corrected chi connectivity index (χ4v) is 2.19. The van der Waals surface area contributed by atoms with Gasteiger partial charge in [0.25, 0.3) is 0 Å². The van der Waals surface area contributed by atoms with Crippen LogP contribution in [0.15, 0.2) is 48.5 Å². The summed E-state index contributed by atoms with van der Waals surface area (Å²) < 4.78 is 5.84. The van der Waals surface area contributed by atoms with Gasteiger partial charge in [-0.3, -0.25) is 0 Å². The molecule has 1 N–H and O–H groups in total. The van der Waals surface area contributed by atoms with E-state index in [4.69, 9.17) is 4.74 Å². The minimum Gasteiger partial charge on any atom is -0.489 e. The monoisotopic (exact) mass is 283 g/mol. The molecule has 0 bridgehead atoms. The Morgan fingerprint density at radius 2 is 1.52 bits per heavy atom. The van der Waals surface area contributed by atoms with Gasteiger partial charge in [-0.2, -0.15) is 0 Å². The van der Waals surface area contributed by atoms with E-state index in [2.05, 4.69) is 67.7 Å². The highest BCUT2D eigenvalue weighted by molar-refractivity contribution is 5.29. The van der Waals surface area contributed by atoms with Crippen molar-refractivity contribution in [1.29, 1.82) is 0 Å². The molecule has 0 aliphatic heterocycles. The van der Waals surface area contributed by atoms with Crippen LogP contribution in [0.2, 0.25) is 0 Å². The number of hydrogen-bond donors (Lipinski definition) is 1. The Morgan fingerprint density at radius 1 is 0.905 bits per heavy atom. The number of likely N-dealkylation sites (N-methyl/N-ethyl adjacent to an activating group) is 1. The third kappa shape index (κ3) is 4.91. The smallest absolute Gasteiger partial charge is 0.119 e. The molecule has 0 saturated carbocycles. The lowest BCUT2D eigenvalue weighted by Gasteiger charge is -2.09. The van der Waals surface area contributed by atoms with Crippen LogP contribution in [0.25, 0.3) is 0 Å². The largest absolute Gasteiger partial charge is 0.489 e. The van der Waals surface area contributed by atoms with Gasteiger partial charge in [0, 0.05) is 0 Å². The van der Waals surface area contributed by atoms with E-state index in [1.165, 1.54) is 16.7 Å². The Hall–Kier alpha value is -1.80. The fourth-order valence-electron chi connectivity index (χ4n) is 2.19.